The monoisotopic (exact) mass is 283 g/mol. The molecular formula is C14H13N5O2. The van der Waals surface area contributed by atoms with Crippen LogP contribution in [-0.2, 0) is 6.54 Å². The van der Waals surface area contributed by atoms with Crippen molar-refractivity contribution in [2.45, 2.75) is 6.54 Å². The maximum atomic E-state index is 12.2. The number of anilines is 1. The third kappa shape index (κ3) is 2.66. The number of fused-ring (bicyclic) bond motifs is 1. The van der Waals surface area contributed by atoms with Crippen molar-refractivity contribution in [1.29, 1.82) is 0 Å². The van der Waals surface area contributed by atoms with Gasteiger partial charge in [-0.1, -0.05) is 29.4 Å². The molecule has 7 nitrogen and oxygen atoms in total. The van der Waals surface area contributed by atoms with Crippen molar-refractivity contribution in [3.05, 3.63) is 48.2 Å². The Bertz CT molecular complexity index is 770. The van der Waals surface area contributed by atoms with Crippen molar-refractivity contribution < 1.29 is 9.32 Å². The fourth-order valence-corrected chi connectivity index (χ4v) is 2.03. The summed E-state index contributed by atoms with van der Waals surface area (Å²) in [4.78, 5) is 20.3. The minimum absolute atomic E-state index is 0.193. The summed E-state index contributed by atoms with van der Waals surface area (Å²) < 4.78 is 4.61. The van der Waals surface area contributed by atoms with Crippen LogP contribution in [0.4, 0.5) is 5.82 Å². The molecule has 2 aromatic heterocycles. The van der Waals surface area contributed by atoms with Crippen LogP contribution in [0.2, 0.25) is 0 Å². The molecule has 7 heteroatoms. The fourth-order valence-electron chi connectivity index (χ4n) is 2.03. The number of nitrogens with zero attached hydrogens (tertiary/aromatic N) is 3. The molecular weight excluding hydrogens is 270 g/mol. The molecule has 0 spiro atoms. The molecule has 0 aliphatic heterocycles. The normalized spacial score (nSPS) is 10.5. The maximum absolute atomic E-state index is 12.2. The van der Waals surface area contributed by atoms with E-state index in [9.17, 15) is 4.79 Å². The number of aromatic nitrogens is 3. The van der Waals surface area contributed by atoms with Crippen LogP contribution < -0.4 is 10.6 Å². The Morgan fingerprint density at radius 1 is 1.33 bits per heavy atom. The first-order valence-electron chi connectivity index (χ1n) is 6.39. The Balaban J connectivity index is 1.87. The van der Waals surface area contributed by atoms with Gasteiger partial charge in [-0.3, -0.25) is 4.79 Å². The second-order valence-electron chi connectivity index (χ2n) is 4.36. The Morgan fingerprint density at radius 2 is 2.19 bits per heavy atom. The van der Waals surface area contributed by atoms with Crippen molar-refractivity contribution in [1.82, 2.24) is 20.4 Å². The summed E-state index contributed by atoms with van der Waals surface area (Å²) in [7, 11) is 1.77. The fraction of sp³-hybridized carbons (Fsp3) is 0.143. The zero-order chi connectivity index (χ0) is 14.7. The molecule has 1 aromatic carbocycles. The maximum Gasteiger partial charge on any atom is 0.270 e. The Labute approximate surface area is 120 Å². The van der Waals surface area contributed by atoms with Gasteiger partial charge in [0.25, 0.3) is 5.91 Å². The second-order valence-corrected chi connectivity index (χ2v) is 4.36. The van der Waals surface area contributed by atoms with E-state index in [-0.39, 0.29) is 12.5 Å². The molecule has 0 saturated carbocycles. The summed E-state index contributed by atoms with van der Waals surface area (Å²) in [5.74, 6) is 0.790. The van der Waals surface area contributed by atoms with E-state index in [2.05, 4.69) is 30.3 Å². The van der Waals surface area contributed by atoms with Crippen LogP contribution in [0, 0.1) is 0 Å². The molecule has 106 valence electrons. The molecule has 0 unspecified atom stereocenters. The number of nitrogens with one attached hydrogen (secondary N) is 2. The lowest BCUT2D eigenvalue weighted by molar-refractivity contribution is 0.0945. The number of pyridine rings is 1. The highest BCUT2D eigenvalue weighted by atomic mass is 16.5. The first-order chi connectivity index (χ1) is 10.3. The number of carbonyl (C=O) groups excluding carboxylic acids is 1. The molecule has 0 bridgehead atoms. The average Bonchev–Trinajstić information content (AvgIpc) is 3.04. The van der Waals surface area contributed by atoms with Gasteiger partial charge in [0, 0.05) is 12.4 Å². The van der Waals surface area contributed by atoms with Gasteiger partial charge in [-0.05, 0) is 11.5 Å². The molecule has 1 amide bonds. The van der Waals surface area contributed by atoms with Gasteiger partial charge >= 0.3 is 0 Å². The summed E-state index contributed by atoms with van der Waals surface area (Å²) in [6.45, 7) is 0.193. The molecule has 2 heterocycles. The molecule has 3 aromatic rings. The van der Waals surface area contributed by atoms with Crippen LogP contribution in [-0.4, -0.2) is 28.1 Å². The van der Waals surface area contributed by atoms with E-state index in [0.717, 1.165) is 10.8 Å². The zero-order valence-corrected chi connectivity index (χ0v) is 11.3. The van der Waals surface area contributed by atoms with Crippen molar-refractivity contribution in [2.24, 2.45) is 0 Å². The Morgan fingerprint density at radius 3 is 2.95 bits per heavy atom. The molecule has 3 rings (SSSR count). The van der Waals surface area contributed by atoms with Crippen LogP contribution in [0.25, 0.3) is 10.8 Å². The van der Waals surface area contributed by atoms with E-state index >= 15 is 0 Å². The molecule has 21 heavy (non-hydrogen) atoms. The highest BCUT2D eigenvalue weighted by Gasteiger charge is 2.12. The summed E-state index contributed by atoms with van der Waals surface area (Å²) in [5.41, 5.74) is 0.335. The van der Waals surface area contributed by atoms with E-state index in [1.807, 2.05) is 24.3 Å². The van der Waals surface area contributed by atoms with Gasteiger partial charge in [0.05, 0.1) is 6.54 Å². The largest absolute Gasteiger partial charge is 0.373 e. The lowest BCUT2D eigenvalue weighted by Crippen LogP contribution is -2.24. The van der Waals surface area contributed by atoms with Gasteiger partial charge in [-0.15, -0.1) is 0 Å². The van der Waals surface area contributed by atoms with Crippen molar-refractivity contribution in [2.75, 3.05) is 12.4 Å². The van der Waals surface area contributed by atoms with Crippen molar-refractivity contribution >= 4 is 22.5 Å². The third-order valence-electron chi connectivity index (χ3n) is 3.02. The SMILES string of the molecule is CNc1nc(C(=O)NCc2ncon2)cc2ccccc12. The lowest BCUT2D eigenvalue weighted by Gasteiger charge is -2.08. The summed E-state index contributed by atoms with van der Waals surface area (Å²) in [6.07, 6.45) is 1.22. The molecule has 0 aliphatic carbocycles. The smallest absolute Gasteiger partial charge is 0.270 e. The third-order valence-corrected chi connectivity index (χ3v) is 3.02. The molecule has 0 aliphatic rings. The van der Waals surface area contributed by atoms with Crippen molar-refractivity contribution in [3.63, 3.8) is 0 Å². The Kier molecular flexibility index (Phi) is 3.46. The molecule has 2 N–H and O–H groups in total. The number of hydrogen-bond acceptors (Lipinski definition) is 6. The quantitative estimate of drug-likeness (QED) is 0.755. The van der Waals surface area contributed by atoms with Crippen molar-refractivity contribution in [3.8, 4) is 0 Å². The number of carbonyl (C=O) groups is 1. The van der Waals surface area contributed by atoms with Gasteiger partial charge in [0.15, 0.2) is 5.82 Å². The topological polar surface area (TPSA) is 92.9 Å². The average molecular weight is 283 g/mol. The van der Waals surface area contributed by atoms with Gasteiger partial charge in [-0.2, -0.15) is 4.98 Å². The second kappa shape index (κ2) is 5.58. The van der Waals surface area contributed by atoms with E-state index in [0.29, 0.717) is 17.3 Å². The highest BCUT2D eigenvalue weighted by Crippen LogP contribution is 2.22. The van der Waals surface area contributed by atoms with E-state index in [1.54, 1.807) is 13.1 Å². The minimum Gasteiger partial charge on any atom is -0.373 e. The predicted octanol–water partition coefficient (Wildman–Crippen LogP) is 1.59. The van der Waals surface area contributed by atoms with Crippen LogP contribution in [0.5, 0.6) is 0 Å². The molecule has 0 fully saturated rings. The predicted molar refractivity (Wildman–Crippen MR) is 76.8 cm³/mol. The summed E-state index contributed by atoms with van der Waals surface area (Å²) in [6, 6.07) is 9.49. The van der Waals surface area contributed by atoms with Gasteiger partial charge < -0.3 is 15.2 Å². The van der Waals surface area contributed by atoms with Gasteiger partial charge in [0.1, 0.15) is 11.5 Å². The molecule has 0 atom stereocenters. The van der Waals surface area contributed by atoms with E-state index in [1.165, 1.54) is 6.39 Å². The summed E-state index contributed by atoms with van der Waals surface area (Å²) >= 11 is 0. The lowest BCUT2D eigenvalue weighted by atomic mass is 10.1. The van der Waals surface area contributed by atoms with Gasteiger partial charge in [-0.25, -0.2) is 4.98 Å². The molecule has 0 radical (unpaired) electrons. The van der Waals surface area contributed by atoms with Crippen LogP contribution in [0.15, 0.2) is 41.2 Å². The number of hydrogen-bond donors (Lipinski definition) is 2. The standard InChI is InChI=1S/C14H13N5O2/c1-15-13-10-5-3-2-4-9(10)6-11(18-13)14(20)16-7-12-17-8-21-19-12/h2-6,8H,7H2,1H3,(H,15,18)(H,16,20). The van der Waals surface area contributed by atoms with Gasteiger partial charge in [0.2, 0.25) is 6.39 Å². The van der Waals surface area contributed by atoms with Crippen LogP contribution in [0.1, 0.15) is 16.3 Å². The summed E-state index contributed by atoms with van der Waals surface area (Å²) in [5, 5.41) is 11.3. The first kappa shape index (κ1) is 13.0. The minimum atomic E-state index is -0.290. The Hall–Kier alpha value is -2.96. The van der Waals surface area contributed by atoms with Crippen LogP contribution >= 0.6 is 0 Å². The highest BCUT2D eigenvalue weighted by molar-refractivity contribution is 6.00. The number of amides is 1. The van der Waals surface area contributed by atoms with E-state index < -0.39 is 0 Å². The van der Waals surface area contributed by atoms with E-state index in [4.69, 9.17) is 0 Å². The molecule has 0 saturated heterocycles. The number of rotatable bonds is 4. The first-order valence-corrected chi connectivity index (χ1v) is 6.39. The zero-order valence-electron chi connectivity index (χ0n) is 11.3. The number of benzene rings is 1. The van der Waals surface area contributed by atoms with Crippen LogP contribution in [0.3, 0.4) is 0 Å².